The van der Waals surface area contributed by atoms with Crippen molar-refractivity contribution in [2.45, 2.75) is 25.4 Å². The molecule has 140 valence electrons. The van der Waals surface area contributed by atoms with Crippen molar-refractivity contribution in [2.75, 3.05) is 26.2 Å². The average Bonchev–Trinajstić information content (AvgIpc) is 3.46. The van der Waals surface area contributed by atoms with Crippen LogP contribution in [0.2, 0.25) is 0 Å². The van der Waals surface area contributed by atoms with Gasteiger partial charge in [-0.2, -0.15) is 0 Å². The minimum Gasteiger partial charge on any atom is -0.380 e. The van der Waals surface area contributed by atoms with Crippen LogP contribution in [0.1, 0.15) is 28.8 Å². The molecule has 5 heteroatoms. The van der Waals surface area contributed by atoms with Crippen molar-refractivity contribution in [3.05, 3.63) is 59.7 Å². The predicted molar refractivity (Wildman–Crippen MR) is 103 cm³/mol. The van der Waals surface area contributed by atoms with Gasteiger partial charge >= 0.3 is 0 Å². The summed E-state index contributed by atoms with van der Waals surface area (Å²) in [6, 6.07) is 16.0. The van der Waals surface area contributed by atoms with Gasteiger partial charge in [-0.1, -0.05) is 42.0 Å². The molecule has 1 aliphatic heterocycles. The molecule has 0 aromatic heterocycles. The number of hydrogen-bond donors (Lipinski definition) is 1. The van der Waals surface area contributed by atoms with E-state index in [9.17, 15) is 14.7 Å². The normalized spacial score (nSPS) is 18.3. The molecule has 1 heterocycles. The van der Waals surface area contributed by atoms with Gasteiger partial charge in [0.2, 0.25) is 0 Å². The molecule has 1 N–H and O–H groups in total. The van der Waals surface area contributed by atoms with Gasteiger partial charge in [0.15, 0.2) is 0 Å². The Labute approximate surface area is 159 Å². The number of rotatable bonds is 3. The summed E-state index contributed by atoms with van der Waals surface area (Å²) in [6.45, 7) is 4.02. The van der Waals surface area contributed by atoms with Crippen LogP contribution in [0.4, 0.5) is 0 Å². The van der Waals surface area contributed by atoms with E-state index < -0.39 is 5.60 Å². The highest BCUT2D eigenvalue weighted by atomic mass is 16.3. The molecule has 0 radical (unpaired) electrons. The second kappa shape index (κ2) is 6.82. The van der Waals surface area contributed by atoms with Gasteiger partial charge in [0.1, 0.15) is 5.60 Å². The fourth-order valence-electron chi connectivity index (χ4n) is 3.55. The Bertz CT molecular complexity index is 863. The predicted octanol–water partition coefficient (Wildman–Crippen LogP) is 2.47. The second-order valence-corrected chi connectivity index (χ2v) is 7.56. The third kappa shape index (κ3) is 3.60. The minimum absolute atomic E-state index is 0.0111. The molecule has 2 amide bonds. The number of carbonyl (C=O) groups is 2. The number of benzene rings is 2. The second-order valence-electron chi connectivity index (χ2n) is 7.56. The van der Waals surface area contributed by atoms with Crippen molar-refractivity contribution in [2.24, 2.45) is 0 Å². The average molecular weight is 364 g/mol. The summed E-state index contributed by atoms with van der Waals surface area (Å²) in [5.41, 5.74) is 2.96. The summed E-state index contributed by atoms with van der Waals surface area (Å²) in [5, 5.41) is 9.97. The summed E-state index contributed by atoms with van der Waals surface area (Å²) < 4.78 is 0. The van der Waals surface area contributed by atoms with Crippen molar-refractivity contribution in [1.82, 2.24) is 9.80 Å². The lowest BCUT2D eigenvalue weighted by Gasteiger charge is -2.35. The van der Waals surface area contributed by atoms with Crippen molar-refractivity contribution in [1.29, 1.82) is 0 Å². The van der Waals surface area contributed by atoms with Gasteiger partial charge in [-0.05, 0) is 43.0 Å². The van der Waals surface area contributed by atoms with Gasteiger partial charge in [-0.3, -0.25) is 9.59 Å². The number of aliphatic hydroxyl groups is 1. The quantitative estimate of drug-likeness (QED) is 0.910. The summed E-state index contributed by atoms with van der Waals surface area (Å²) in [4.78, 5) is 28.4. The van der Waals surface area contributed by atoms with E-state index in [1.807, 2.05) is 30.3 Å². The molecule has 1 saturated heterocycles. The number of hydrogen-bond acceptors (Lipinski definition) is 3. The lowest BCUT2D eigenvalue weighted by molar-refractivity contribution is -0.143. The number of aryl methyl sites for hydroxylation is 1. The Morgan fingerprint density at radius 3 is 2.11 bits per heavy atom. The van der Waals surface area contributed by atoms with Crippen LogP contribution in [0, 0.1) is 6.92 Å². The van der Waals surface area contributed by atoms with E-state index in [0.717, 1.165) is 11.1 Å². The highest BCUT2D eigenvalue weighted by Crippen LogP contribution is 2.37. The lowest BCUT2D eigenvalue weighted by Crippen LogP contribution is -2.53. The van der Waals surface area contributed by atoms with Crippen molar-refractivity contribution < 1.29 is 14.7 Å². The third-order valence-electron chi connectivity index (χ3n) is 5.46. The van der Waals surface area contributed by atoms with Crippen LogP contribution in [0.25, 0.3) is 11.1 Å². The summed E-state index contributed by atoms with van der Waals surface area (Å²) in [6.07, 6.45) is 1.11. The van der Waals surface area contributed by atoms with E-state index in [0.29, 0.717) is 44.6 Å². The molecule has 4 rings (SSSR count). The van der Waals surface area contributed by atoms with Crippen molar-refractivity contribution in [3.8, 4) is 11.1 Å². The molecule has 5 nitrogen and oxygen atoms in total. The first-order valence-corrected chi connectivity index (χ1v) is 9.44. The van der Waals surface area contributed by atoms with Gasteiger partial charge in [0.05, 0.1) is 0 Å². The third-order valence-corrected chi connectivity index (χ3v) is 5.46. The Morgan fingerprint density at radius 1 is 0.889 bits per heavy atom. The Morgan fingerprint density at radius 2 is 1.52 bits per heavy atom. The van der Waals surface area contributed by atoms with Gasteiger partial charge in [0.25, 0.3) is 11.8 Å². The summed E-state index contributed by atoms with van der Waals surface area (Å²) in [7, 11) is 0. The maximum atomic E-state index is 12.8. The highest BCUT2D eigenvalue weighted by Gasteiger charge is 2.50. The summed E-state index contributed by atoms with van der Waals surface area (Å²) >= 11 is 0. The molecule has 2 aromatic carbocycles. The molecule has 0 atom stereocenters. The Kier molecular flexibility index (Phi) is 4.48. The number of piperazine rings is 1. The molecule has 2 aliphatic rings. The molecule has 2 aromatic rings. The molecule has 1 aliphatic carbocycles. The number of nitrogens with zero attached hydrogens (tertiary/aromatic N) is 2. The monoisotopic (exact) mass is 364 g/mol. The summed E-state index contributed by atoms with van der Waals surface area (Å²) in [5.74, 6) is -0.194. The minimum atomic E-state index is -1.13. The first-order chi connectivity index (χ1) is 13.0. The molecule has 2 fully saturated rings. The van der Waals surface area contributed by atoms with E-state index in [4.69, 9.17) is 0 Å². The van der Waals surface area contributed by atoms with Crippen LogP contribution in [-0.2, 0) is 4.79 Å². The van der Waals surface area contributed by atoms with Crippen LogP contribution in [0.15, 0.2) is 48.5 Å². The van der Waals surface area contributed by atoms with E-state index >= 15 is 0 Å². The standard InChI is InChI=1S/C22H24N2O3/c1-16-3-2-4-19(15-16)17-5-7-18(8-6-17)20(25)23-11-13-24(14-12-23)21(26)22(27)9-10-22/h2-8,15,27H,9-14H2,1H3. The number of carbonyl (C=O) groups excluding carboxylic acids is 2. The topological polar surface area (TPSA) is 60.9 Å². The van der Waals surface area contributed by atoms with Crippen LogP contribution < -0.4 is 0 Å². The van der Waals surface area contributed by atoms with Crippen molar-refractivity contribution in [3.63, 3.8) is 0 Å². The first kappa shape index (κ1) is 17.7. The molecule has 1 saturated carbocycles. The fraction of sp³-hybridized carbons (Fsp3) is 0.364. The SMILES string of the molecule is Cc1cccc(-c2ccc(C(=O)N3CCN(C(=O)C4(O)CC4)CC3)cc2)c1. The van der Waals surface area contributed by atoms with Gasteiger partial charge in [0, 0.05) is 31.7 Å². The van der Waals surface area contributed by atoms with E-state index in [1.54, 1.807) is 9.80 Å². The first-order valence-electron chi connectivity index (χ1n) is 9.44. The molecular weight excluding hydrogens is 340 g/mol. The van der Waals surface area contributed by atoms with Crippen LogP contribution in [0.5, 0.6) is 0 Å². The fourth-order valence-corrected chi connectivity index (χ4v) is 3.55. The van der Waals surface area contributed by atoms with Crippen LogP contribution in [0.3, 0.4) is 0 Å². The van der Waals surface area contributed by atoms with E-state index in [2.05, 4.69) is 25.1 Å². The maximum Gasteiger partial charge on any atom is 0.254 e. The van der Waals surface area contributed by atoms with Crippen LogP contribution >= 0.6 is 0 Å². The largest absolute Gasteiger partial charge is 0.380 e. The van der Waals surface area contributed by atoms with Crippen LogP contribution in [-0.4, -0.2) is 58.5 Å². The zero-order valence-electron chi connectivity index (χ0n) is 15.5. The highest BCUT2D eigenvalue weighted by molar-refractivity contribution is 5.95. The zero-order valence-corrected chi connectivity index (χ0v) is 15.5. The van der Waals surface area contributed by atoms with Gasteiger partial charge in [-0.15, -0.1) is 0 Å². The zero-order chi connectivity index (χ0) is 19.0. The molecule has 0 spiro atoms. The van der Waals surface area contributed by atoms with Crippen molar-refractivity contribution >= 4 is 11.8 Å². The van der Waals surface area contributed by atoms with Gasteiger partial charge < -0.3 is 14.9 Å². The molecule has 0 unspecified atom stereocenters. The van der Waals surface area contributed by atoms with Gasteiger partial charge in [-0.25, -0.2) is 0 Å². The molecular formula is C22H24N2O3. The Hall–Kier alpha value is -2.66. The number of amides is 2. The van der Waals surface area contributed by atoms with E-state index in [1.165, 1.54) is 5.56 Å². The maximum absolute atomic E-state index is 12.8. The molecule has 0 bridgehead atoms. The Balaban J connectivity index is 1.39. The van der Waals surface area contributed by atoms with E-state index in [-0.39, 0.29) is 11.8 Å². The molecule has 27 heavy (non-hydrogen) atoms. The smallest absolute Gasteiger partial charge is 0.254 e. The lowest BCUT2D eigenvalue weighted by atomic mass is 10.0.